The van der Waals surface area contributed by atoms with E-state index in [1.54, 1.807) is 38.2 Å². The van der Waals surface area contributed by atoms with Gasteiger partial charge in [-0.1, -0.05) is 37.6 Å². The number of aliphatic hydroxyl groups is 1. The van der Waals surface area contributed by atoms with E-state index in [1.807, 2.05) is 68.4 Å². The van der Waals surface area contributed by atoms with Crippen LogP contribution in [0.4, 0.5) is 16.4 Å². The van der Waals surface area contributed by atoms with Gasteiger partial charge in [0.25, 0.3) is 0 Å². The fourth-order valence-corrected chi connectivity index (χ4v) is 7.41. The number of hydrogen-bond acceptors (Lipinski definition) is 12. The molecular formula is C43H56N8O7. The average molecular weight is 797 g/mol. The van der Waals surface area contributed by atoms with E-state index in [1.165, 1.54) is 4.90 Å². The number of hydrogen-bond donors (Lipinski definition) is 2. The SMILES string of the molecule is CCCC(C)Oc1nc(N(Cc2ccc(OC)cc2)Cc2ccc(OC)cc2)c2ncc(C(O)c3cnc(N4CCC(CN(CCOC)C(=O)O)CC4)c(C)c3)n2n1. The molecule has 2 N–H and O–H groups in total. The van der Waals surface area contributed by atoms with E-state index in [2.05, 4.69) is 16.7 Å². The summed E-state index contributed by atoms with van der Waals surface area (Å²) < 4.78 is 23.9. The first-order valence-corrected chi connectivity index (χ1v) is 19.9. The number of aliphatic hydroxyl groups excluding tert-OH is 1. The van der Waals surface area contributed by atoms with Gasteiger partial charge in [-0.15, -0.1) is 5.10 Å². The summed E-state index contributed by atoms with van der Waals surface area (Å²) in [6.45, 7) is 9.81. The summed E-state index contributed by atoms with van der Waals surface area (Å²) in [5.74, 6) is 3.19. The lowest BCUT2D eigenvalue weighted by Crippen LogP contribution is -2.42. The number of benzene rings is 2. The third-order valence-corrected chi connectivity index (χ3v) is 10.6. The summed E-state index contributed by atoms with van der Waals surface area (Å²) in [5, 5.41) is 26.4. The minimum absolute atomic E-state index is 0.139. The number of aromatic nitrogens is 5. The average Bonchev–Trinajstić information content (AvgIpc) is 3.66. The van der Waals surface area contributed by atoms with Gasteiger partial charge >= 0.3 is 12.1 Å². The van der Waals surface area contributed by atoms with Crippen LogP contribution in [0.3, 0.4) is 0 Å². The standard InChI is InChI=1S/C43H56N8O7/c1-7-8-30(3)58-42-46-41(50(27-31-9-13-35(56-5)14-10-31)28-32-11-15-36(57-6)16-12-32)40-45-25-37(51(40)47-42)38(52)34-23-29(2)39(44-24-34)48-19-17-33(18-20-48)26-49(43(53)54)21-22-55-4/h9-16,23-25,30,33,38,52H,7-8,17-22,26-28H2,1-6H3,(H,53,54). The number of nitrogens with zero attached hydrogens (tertiary/aromatic N) is 8. The topological polar surface area (TPSA) is 160 Å². The van der Waals surface area contributed by atoms with Crippen molar-refractivity contribution in [1.29, 1.82) is 0 Å². The number of ether oxygens (including phenoxy) is 4. The number of amides is 1. The summed E-state index contributed by atoms with van der Waals surface area (Å²) in [6, 6.07) is 18.0. The molecule has 58 heavy (non-hydrogen) atoms. The van der Waals surface area contributed by atoms with E-state index < -0.39 is 12.2 Å². The molecule has 4 heterocycles. The Morgan fingerprint density at radius 3 is 2.14 bits per heavy atom. The van der Waals surface area contributed by atoms with Gasteiger partial charge in [-0.05, 0) is 86.1 Å². The van der Waals surface area contributed by atoms with Crippen molar-refractivity contribution >= 4 is 23.4 Å². The quantitative estimate of drug-likeness (QED) is 0.0928. The Morgan fingerprint density at radius 1 is 0.948 bits per heavy atom. The molecule has 0 spiro atoms. The highest BCUT2D eigenvalue weighted by molar-refractivity contribution is 5.66. The van der Waals surface area contributed by atoms with Crippen LogP contribution < -0.4 is 24.0 Å². The zero-order chi connectivity index (χ0) is 41.2. The van der Waals surface area contributed by atoms with Gasteiger partial charge in [0.2, 0.25) is 0 Å². The molecule has 0 saturated carbocycles. The van der Waals surface area contributed by atoms with E-state index in [0.717, 1.165) is 72.8 Å². The highest BCUT2D eigenvalue weighted by atomic mass is 16.5. The third kappa shape index (κ3) is 10.2. The molecule has 5 aromatic rings. The number of carbonyl (C=O) groups is 1. The molecule has 0 aliphatic carbocycles. The number of rotatable bonds is 19. The van der Waals surface area contributed by atoms with E-state index in [0.29, 0.717) is 55.5 Å². The molecular weight excluding hydrogens is 741 g/mol. The smallest absolute Gasteiger partial charge is 0.407 e. The molecule has 3 aromatic heterocycles. The zero-order valence-electron chi connectivity index (χ0n) is 34.4. The van der Waals surface area contributed by atoms with Crippen LogP contribution in [0, 0.1) is 12.8 Å². The molecule has 15 heteroatoms. The maximum Gasteiger partial charge on any atom is 0.407 e. The Bertz CT molecular complexity index is 2040. The Kier molecular flexibility index (Phi) is 14.2. The van der Waals surface area contributed by atoms with Gasteiger partial charge in [-0.3, -0.25) is 0 Å². The van der Waals surface area contributed by atoms with E-state index in [4.69, 9.17) is 39.0 Å². The second-order valence-electron chi connectivity index (χ2n) is 14.9. The molecule has 2 unspecified atom stereocenters. The maximum absolute atomic E-state index is 12.0. The van der Waals surface area contributed by atoms with Crippen molar-refractivity contribution in [1.82, 2.24) is 29.5 Å². The number of imidazole rings is 1. The summed E-state index contributed by atoms with van der Waals surface area (Å²) in [4.78, 5) is 32.2. The Balaban J connectivity index is 1.29. The van der Waals surface area contributed by atoms with Gasteiger partial charge in [-0.2, -0.15) is 4.98 Å². The molecule has 15 nitrogen and oxygen atoms in total. The van der Waals surface area contributed by atoms with Crippen molar-refractivity contribution in [3.8, 4) is 17.5 Å². The van der Waals surface area contributed by atoms with Crippen LogP contribution in [0.2, 0.25) is 0 Å². The number of fused-ring (bicyclic) bond motifs is 1. The first kappa shape index (κ1) is 41.9. The Morgan fingerprint density at radius 2 is 1.59 bits per heavy atom. The Hall–Kier alpha value is -5.67. The fraction of sp³-hybridized carbons (Fsp3) is 0.465. The molecule has 2 aromatic carbocycles. The second kappa shape index (κ2) is 19.7. The van der Waals surface area contributed by atoms with Crippen LogP contribution >= 0.6 is 0 Å². The maximum atomic E-state index is 12.0. The lowest BCUT2D eigenvalue weighted by Gasteiger charge is -2.35. The summed E-state index contributed by atoms with van der Waals surface area (Å²) in [6.07, 6.45) is 4.63. The highest BCUT2D eigenvalue weighted by Crippen LogP contribution is 2.32. The first-order chi connectivity index (χ1) is 28.1. The number of carboxylic acid groups (broad SMARTS) is 1. The van der Waals surface area contributed by atoms with Crippen LogP contribution in [0.25, 0.3) is 5.65 Å². The molecule has 1 aliphatic heterocycles. The van der Waals surface area contributed by atoms with Crippen molar-refractivity contribution in [2.45, 2.75) is 71.8 Å². The van der Waals surface area contributed by atoms with Gasteiger partial charge < -0.3 is 43.9 Å². The number of aryl methyl sites for hydroxylation is 1. The van der Waals surface area contributed by atoms with Gasteiger partial charge in [0.15, 0.2) is 11.5 Å². The number of pyridine rings is 1. The molecule has 1 aliphatic rings. The number of piperidine rings is 1. The van der Waals surface area contributed by atoms with Crippen molar-refractivity contribution in [2.75, 3.05) is 63.9 Å². The molecule has 2 atom stereocenters. The van der Waals surface area contributed by atoms with Crippen molar-refractivity contribution in [3.05, 3.63) is 94.9 Å². The van der Waals surface area contributed by atoms with Gasteiger partial charge in [0, 0.05) is 58.1 Å². The lowest BCUT2D eigenvalue weighted by atomic mass is 9.95. The Labute approximate surface area is 340 Å². The zero-order valence-corrected chi connectivity index (χ0v) is 34.4. The van der Waals surface area contributed by atoms with Crippen LogP contribution in [-0.2, 0) is 17.8 Å². The van der Waals surface area contributed by atoms with E-state index >= 15 is 0 Å². The summed E-state index contributed by atoms with van der Waals surface area (Å²) in [5.41, 5.74) is 4.52. The predicted octanol–water partition coefficient (Wildman–Crippen LogP) is 6.54. The molecule has 1 amide bonds. The van der Waals surface area contributed by atoms with Gasteiger partial charge in [0.05, 0.1) is 38.8 Å². The van der Waals surface area contributed by atoms with E-state index in [9.17, 15) is 15.0 Å². The minimum Gasteiger partial charge on any atom is -0.497 e. The molecule has 1 fully saturated rings. The first-order valence-electron chi connectivity index (χ1n) is 19.9. The van der Waals surface area contributed by atoms with Gasteiger partial charge in [-0.25, -0.2) is 19.3 Å². The van der Waals surface area contributed by atoms with Crippen LogP contribution in [0.5, 0.6) is 17.5 Å². The monoisotopic (exact) mass is 796 g/mol. The third-order valence-electron chi connectivity index (χ3n) is 10.6. The normalized spacial score (nSPS) is 14.3. The minimum atomic E-state index is -1.10. The number of methoxy groups -OCH3 is 3. The highest BCUT2D eigenvalue weighted by Gasteiger charge is 2.27. The van der Waals surface area contributed by atoms with E-state index in [-0.39, 0.29) is 18.0 Å². The molecule has 0 radical (unpaired) electrons. The van der Waals surface area contributed by atoms with Crippen molar-refractivity contribution in [3.63, 3.8) is 0 Å². The number of anilines is 2. The predicted molar refractivity (Wildman–Crippen MR) is 221 cm³/mol. The van der Waals surface area contributed by atoms with Gasteiger partial charge in [0.1, 0.15) is 23.4 Å². The fourth-order valence-electron chi connectivity index (χ4n) is 7.41. The second-order valence-corrected chi connectivity index (χ2v) is 14.9. The molecule has 6 rings (SSSR count). The largest absolute Gasteiger partial charge is 0.497 e. The summed E-state index contributed by atoms with van der Waals surface area (Å²) in [7, 11) is 4.87. The molecule has 1 saturated heterocycles. The van der Waals surface area contributed by atoms with Crippen LogP contribution in [-0.4, -0.2) is 106 Å². The summed E-state index contributed by atoms with van der Waals surface area (Å²) >= 11 is 0. The van der Waals surface area contributed by atoms with Crippen LogP contribution in [0.1, 0.15) is 73.6 Å². The molecule has 0 bridgehead atoms. The molecule has 310 valence electrons. The van der Waals surface area contributed by atoms with Crippen molar-refractivity contribution < 1.29 is 34.0 Å². The lowest BCUT2D eigenvalue weighted by molar-refractivity contribution is 0.107. The van der Waals surface area contributed by atoms with Crippen LogP contribution in [0.15, 0.2) is 67.0 Å². The van der Waals surface area contributed by atoms with Crippen molar-refractivity contribution in [2.24, 2.45) is 5.92 Å².